The molecule has 0 radical (unpaired) electrons. The fraction of sp³-hybridized carbons (Fsp3) is 0.250. The zero-order valence-corrected chi connectivity index (χ0v) is 15.1. The predicted octanol–water partition coefficient (Wildman–Crippen LogP) is 1.93. The van der Waals surface area contributed by atoms with Crippen molar-refractivity contribution in [2.24, 2.45) is 0 Å². The molecular weight excluding hydrogens is 375 g/mol. The molecular formula is C20H15FN6O2. The third-order valence-corrected chi connectivity index (χ3v) is 5.45. The van der Waals surface area contributed by atoms with Crippen molar-refractivity contribution in [3.63, 3.8) is 0 Å². The van der Waals surface area contributed by atoms with E-state index in [1.807, 2.05) is 12.1 Å². The van der Waals surface area contributed by atoms with E-state index in [-0.39, 0.29) is 18.4 Å². The first-order valence-corrected chi connectivity index (χ1v) is 9.17. The minimum Gasteiger partial charge on any atom is -0.337 e. The molecule has 29 heavy (non-hydrogen) atoms. The number of carbonyl (C=O) groups excluding carboxylic acids is 2. The summed E-state index contributed by atoms with van der Waals surface area (Å²) in [5.41, 5.74) is 3.19. The van der Waals surface area contributed by atoms with Crippen LogP contribution in [0.15, 0.2) is 36.7 Å². The van der Waals surface area contributed by atoms with Gasteiger partial charge in [-0.05, 0) is 48.1 Å². The van der Waals surface area contributed by atoms with Gasteiger partial charge < -0.3 is 5.32 Å². The van der Waals surface area contributed by atoms with Gasteiger partial charge in [-0.2, -0.15) is 10.4 Å². The van der Waals surface area contributed by atoms with E-state index >= 15 is 0 Å². The average Bonchev–Trinajstić information content (AvgIpc) is 3.35. The summed E-state index contributed by atoms with van der Waals surface area (Å²) >= 11 is 0. The van der Waals surface area contributed by atoms with Crippen LogP contribution in [0, 0.1) is 17.1 Å². The van der Waals surface area contributed by atoms with E-state index in [2.05, 4.69) is 20.7 Å². The van der Waals surface area contributed by atoms with Crippen molar-refractivity contribution in [2.45, 2.75) is 24.2 Å². The fourth-order valence-corrected chi connectivity index (χ4v) is 3.97. The van der Waals surface area contributed by atoms with Crippen molar-refractivity contribution in [1.29, 1.82) is 5.26 Å². The normalized spacial score (nSPS) is 23.4. The van der Waals surface area contributed by atoms with E-state index in [1.54, 1.807) is 23.0 Å². The van der Waals surface area contributed by atoms with Crippen LogP contribution >= 0.6 is 0 Å². The number of rotatable bonds is 3. The zero-order valence-electron chi connectivity index (χ0n) is 15.1. The highest BCUT2D eigenvalue weighted by Crippen LogP contribution is 2.55. The largest absolute Gasteiger partial charge is 0.337 e. The van der Waals surface area contributed by atoms with Gasteiger partial charge in [0.05, 0.1) is 23.2 Å². The van der Waals surface area contributed by atoms with Gasteiger partial charge >= 0.3 is 6.03 Å². The lowest BCUT2D eigenvalue weighted by molar-refractivity contribution is -0.122. The van der Waals surface area contributed by atoms with Gasteiger partial charge in [0.2, 0.25) is 5.91 Å². The number of imide groups is 1. The van der Waals surface area contributed by atoms with Gasteiger partial charge in [0.15, 0.2) is 5.65 Å². The first kappa shape index (κ1) is 17.3. The minimum atomic E-state index is -0.602. The Bertz CT molecular complexity index is 1210. The number of aromatic nitrogens is 3. The molecule has 1 aliphatic heterocycles. The van der Waals surface area contributed by atoms with E-state index < -0.39 is 23.7 Å². The first-order chi connectivity index (χ1) is 14.0. The van der Waals surface area contributed by atoms with E-state index in [4.69, 9.17) is 5.26 Å². The van der Waals surface area contributed by atoms with Crippen LogP contribution in [0.3, 0.4) is 0 Å². The molecule has 5 rings (SSSR count). The molecule has 0 spiro atoms. The summed E-state index contributed by atoms with van der Waals surface area (Å²) in [5, 5.41) is 18.5. The number of hydrogen-bond acceptors (Lipinski definition) is 5. The number of hydrogen-bond donors (Lipinski definition) is 2. The molecule has 9 heteroatoms. The van der Waals surface area contributed by atoms with Crippen LogP contribution in [0.1, 0.15) is 46.6 Å². The van der Waals surface area contributed by atoms with Gasteiger partial charge in [0, 0.05) is 24.5 Å². The van der Waals surface area contributed by atoms with Gasteiger partial charge in [0.1, 0.15) is 5.82 Å². The second-order valence-electron chi connectivity index (χ2n) is 7.31. The highest BCUT2D eigenvalue weighted by atomic mass is 19.1. The molecule has 1 unspecified atom stereocenters. The predicted molar refractivity (Wildman–Crippen MR) is 98.5 cm³/mol. The second-order valence-corrected chi connectivity index (χ2v) is 7.31. The summed E-state index contributed by atoms with van der Waals surface area (Å²) < 4.78 is 15.5. The van der Waals surface area contributed by atoms with E-state index in [9.17, 15) is 14.0 Å². The van der Waals surface area contributed by atoms with Crippen molar-refractivity contribution in [1.82, 2.24) is 25.2 Å². The number of amides is 3. The molecule has 8 nitrogen and oxygen atoms in total. The summed E-state index contributed by atoms with van der Waals surface area (Å²) in [6, 6.07) is 7.70. The standard InChI is InChI=1S/C20H15FN6O2/c21-12-4-10(8-22)3-11(5-12)13-6-14(13)15-7-17(26-27-2-1-23-18(15)27)16-9-24-20(29)25-19(16)28/h1-5,7,13-14,16H,6,9H2,(H2,24,25,28,29)/t13-,14+,16?/m0/s1. The van der Waals surface area contributed by atoms with Crippen LogP contribution in [0.2, 0.25) is 0 Å². The molecule has 2 aliphatic rings. The number of nitriles is 1. The third kappa shape index (κ3) is 2.99. The van der Waals surface area contributed by atoms with Gasteiger partial charge in [-0.25, -0.2) is 18.7 Å². The highest BCUT2D eigenvalue weighted by molar-refractivity contribution is 6.00. The maximum absolute atomic E-state index is 13.9. The Labute approximate surface area is 164 Å². The second kappa shape index (κ2) is 6.38. The lowest BCUT2D eigenvalue weighted by Crippen LogP contribution is -2.51. The van der Waals surface area contributed by atoms with Crippen molar-refractivity contribution in [3.05, 3.63) is 64.9 Å². The Hall–Kier alpha value is -3.80. The molecule has 1 aliphatic carbocycles. The number of halogens is 1. The van der Waals surface area contributed by atoms with Gasteiger partial charge in [-0.15, -0.1) is 0 Å². The molecule has 2 aromatic heterocycles. The number of nitrogens with one attached hydrogen (secondary N) is 2. The molecule has 144 valence electrons. The molecule has 3 amide bonds. The lowest BCUT2D eigenvalue weighted by atomic mass is 9.98. The Morgan fingerprint density at radius 3 is 2.86 bits per heavy atom. The molecule has 2 fully saturated rings. The number of imidazole rings is 1. The van der Waals surface area contributed by atoms with Crippen LogP contribution in [0.25, 0.3) is 5.65 Å². The maximum atomic E-state index is 13.9. The van der Waals surface area contributed by atoms with Gasteiger partial charge in [-0.1, -0.05) is 0 Å². The number of carbonyl (C=O) groups is 2. The van der Waals surface area contributed by atoms with Crippen molar-refractivity contribution < 1.29 is 14.0 Å². The quantitative estimate of drug-likeness (QED) is 0.710. The molecule has 3 aromatic rings. The molecule has 2 N–H and O–H groups in total. The van der Waals surface area contributed by atoms with Crippen LogP contribution in [0.5, 0.6) is 0 Å². The van der Waals surface area contributed by atoms with Crippen LogP contribution < -0.4 is 10.6 Å². The Balaban J connectivity index is 1.52. The lowest BCUT2D eigenvalue weighted by Gasteiger charge is -2.22. The van der Waals surface area contributed by atoms with Crippen molar-refractivity contribution in [2.75, 3.05) is 6.54 Å². The SMILES string of the molecule is N#Cc1cc(F)cc([C@@H]2C[C@H]2c2cc(C3CNC(=O)NC3=O)nn3ccnc23)c1. The fourth-order valence-electron chi connectivity index (χ4n) is 3.97. The molecule has 3 atom stereocenters. The smallest absolute Gasteiger partial charge is 0.321 e. The topological polar surface area (TPSA) is 112 Å². The van der Waals surface area contributed by atoms with Gasteiger partial charge in [0.25, 0.3) is 0 Å². The molecule has 1 aromatic carbocycles. The highest BCUT2D eigenvalue weighted by Gasteiger charge is 2.42. The Kier molecular flexibility index (Phi) is 3.81. The Morgan fingerprint density at radius 2 is 2.07 bits per heavy atom. The molecule has 1 saturated heterocycles. The number of nitrogens with zero attached hydrogens (tertiary/aromatic N) is 4. The number of fused-ring (bicyclic) bond motifs is 1. The third-order valence-electron chi connectivity index (χ3n) is 5.45. The van der Waals surface area contributed by atoms with Crippen LogP contribution in [-0.4, -0.2) is 33.1 Å². The average molecular weight is 390 g/mol. The number of urea groups is 1. The summed E-state index contributed by atoms with van der Waals surface area (Å²) in [6.07, 6.45) is 4.12. The summed E-state index contributed by atoms with van der Waals surface area (Å²) in [6.45, 7) is 0.167. The van der Waals surface area contributed by atoms with E-state index in [0.717, 1.165) is 17.5 Å². The monoisotopic (exact) mass is 390 g/mol. The summed E-state index contributed by atoms with van der Waals surface area (Å²) in [4.78, 5) is 28.0. The number of benzene rings is 1. The van der Waals surface area contributed by atoms with Crippen molar-refractivity contribution >= 4 is 17.6 Å². The Morgan fingerprint density at radius 1 is 1.21 bits per heavy atom. The van der Waals surface area contributed by atoms with Crippen LogP contribution in [-0.2, 0) is 4.79 Å². The zero-order chi connectivity index (χ0) is 20.1. The summed E-state index contributed by atoms with van der Waals surface area (Å²) in [7, 11) is 0. The van der Waals surface area contributed by atoms with Crippen molar-refractivity contribution in [3.8, 4) is 6.07 Å². The minimum absolute atomic E-state index is 0.0634. The summed E-state index contributed by atoms with van der Waals surface area (Å²) in [5.74, 6) is -1.29. The van der Waals surface area contributed by atoms with E-state index in [0.29, 0.717) is 16.9 Å². The molecule has 3 heterocycles. The maximum Gasteiger partial charge on any atom is 0.321 e. The van der Waals surface area contributed by atoms with Crippen LogP contribution in [0.4, 0.5) is 9.18 Å². The van der Waals surface area contributed by atoms with E-state index in [1.165, 1.54) is 12.1 Å². The molecule has 1 saturated carbocycles. The first-order valence-electron chi connectivity index (χ1n) is 9.17. The van der Waals surface area contributed by atoms with Gasteiger partial charge in [-0.3, -0.25) is 10.1 Å². The molecule has 0 bridgehead atoms.